The van der Waals surface area contributed by atoms with Crippen molar-refractivity contribution in [2.45, 2.75) is 343 Å². The highest BCUT2D eigenvalue weighted by atomic mass is 31.2. The average Bonchev–Trinajstić information content (AvgIpc) is 3.56. The summed E-state index contributed by atoms with van der Waals surface area (Å²) in [4.78, 5) is 72.3. The number of unbranched alkanes of at least 4 members (excludes halogenated alkanes) is 30. The van der Waals surface area contributed by atoms with Gasteiger partial charge < -0.3 is 33.8 Å². The summed E-state index contributed by atoms with van der Waals surface area (Å²) in [5, 5.41) is 10.5. The van der Waals surface area contributed by atoms with E-state index in [2.05, 4.69) is 48.5 Å². The smallest absolute Gasteiger partial charge is 0.462 e. The maximum atomic E-state index is 13.0. The lowest BCUT2D eigenvalue weighted by molar-refractivity contribution is -0.161. The predicted molar refractivity (Wildman–Crippen MR) is 340 cm³/mol. The first-order valence-electron chi connectivity index (χ1n) is 34.4. The zero-order chi connectivity index (χ0) is 63.1. The lowest BCUT2D eigenvalue weighted by Gasteiger charge is -2.21. The van der Waals surface area contributed by atoms with Gasteiger partial charge in [0, 0.05) is 25.7 Å². The number of aliphatic hydroxyl groups excluding tert-OH is 1. The number of esters is 4. The molecule has 0 aliphatic rings. The van der Waals surface area contributed by atoms with Crippen LogP contribution in [0.1, 0.15) is 325 Å². The fraction of sp³-hybridized carbons (Fsp3) is 0.939. The van der Waals surface area contributed by atoms with Gasteiger partial charge in [-0.25, -0.2) is 9.13 Å². The molecule has 0 saturated carbocycles. The Labute approximate surface area is 517 Å². The van der Waals surface area contributed by atoms with Crippen molar-refractivity contribution >= 4 is 39.5 Å². The largest absolute Gasteiger partial charge is 0.472 e. The lowest BCUT2D eigenvalue weighted by Crippen LogP contribution is -2.30. The number of carbonyl (C=O) groups excluding carboxylic acids is 4. The Kier molecular flexibility index (Phi) is 55.9. The molecule has 0 spiro atoms. The number of aliphatic hydroxyl groups is 1. The summed E-state index contributed by atoms with van der Waals surface area (Å²) in [6, 6.07) is 0. The van der Waals surface area contributed by atoms with E-state index in [1.807, 2.05) is 0 Å². The van der Waals surface area contributed by atoms with Crippen molar-refractivity contribution in [3.05, 3.63) is 0 Å². The summed E-state index contributed by atoms with van der Waals surface area (Å²) >= 11 is 0. The number of ether oxygens (including phenoxy) is 4. The molecule has 4 unspecified atom stereocenters. The van der Waals surface area contributed by atoms with E-state index in [0.29, 0.717) is 31.6 Å². The van der Waals surface area contributed by atoms with Crippen LogP contribution in [0.3, 0.4) is 0 Å². The molecule has 0 amide bonds. The Bertz CT molecular complexity index is 1690. The van der Waals surface area contributed by atoms with Crippen molar-refractivity contribution in [3.63, 3.8) is 0 Å². The molecular weight excluding hydrogens is 1130 g/mol. The molecule has 0 aromatic carbocycles. The Morgan fingerprint density at radius 2 is 0.600 bits per heavy atom. The van der Waals surface area contributed by atoms with Crippen LogP contribution in [0.25, 0.3) is 0 Å². The first-order chi connectivity index (χ1) is 40.8. The average molecular weight is 1260 g/mol. The minimum atomic E-state index is -4.95. The maximum absolute atomic E-state index is 13.0. The summed E-state index contributed by atoms with van der Waals surface area (Å²) < 4.78 is 68.0. The van der Waals surface area contributed by atoms with Crippen LogP contribution < -0.4 is 0 Å². The van der Waals surface area contributed by atoms with Crippen molar-refractivity contribution in [3.8, 4) is 0 Å². The molecule has 3 N–H and O–H groups in total. The van der Waals surface area contributed by atoms with Gasteiger partial charge in [-0.1, -0.05) is 273 Å². The third-order valence-electron chi connectivity index (χ3n) is 15.9. The van der Waals surface area contributed by atoms with Gasteiger partial charge in [-0.3, -0.25) is 37.3 Å². The molecule has 0 bridgehead atoms. The molecule has 0 aromatic heterocycles. The van der Waals surface area contributed by atoms with Crippen molar-refractivity contribution in [2.24, 2.45) is 17.8 Å². The number of hydrogen-bond acceptors (Lipinski definition) is 15. The van der Waals surface area contributed by atoms with Crippen LogP contribution in [0.4, 0.5) is 0 Å². The second kappa shape index (κ2) is 57.2. The van der Waals surface area contributed by atoms with Gasteiger partial charge in [-0.15, -0.1) is 0 Å². The topological polar surface area (TPSA) is 237 Å². The van der Waals surface area contributed by atoms with E-state index in [-0.39, 0.29) is 25.7 Å². The number of hydrogen-bond donors (Lipinski definition) is 3. The highest BCUT2D eigenvalue weighted by Crippen LogP contribution is 2.45. The van der Waals surface area contributed by atoms with Crippen molar-refractivity contribution in [2.75, 3.05) is 39.6 Å². The third kappa shape index (κ3) is 58.2. The molecule has 504 valence electrons. The molecule has 85 heavy (non-hydrogen) atoms. The summed E-state index contributed by atoms with van der Waals surface area (Å²) in [5.74, 6) is -0.00722. The summed E-state index contributed by atoms with van der Waals surface area (Å²) in [7, 11) is -9.89. The first-order valence-corrected chi connectivity index (χ1v) is 37.4. The standard InChI is InChI=1S/C66H128O17P2/c1-8-11-12-13-14-15-16-17-18-19-20-21-22-23-35-42-49-65(70)82-61(53-77-64(69)48-41-34-28-25-31-38-45-58(6)9-2)55-80-84(72,73)78-51-60(67)52-79-85(74,75)81-56-62(54-76-63(68)47-40-33-27-24-30-37-44-57(4)5)83-66(71)50-43-36-29-26-32-39-46-59(7)10-3/h57-62,67H,8-56H2,1-7H3,(H,72,73)(H,74,75)/t58?,59?,60-,61-,62-/m1/s1. The summed E-state index contributed by atoms with van der Waals surface area (Å²) in [6.45, 7) is 11.6. The predicted octanol–water partition coefficient (Wildman–Crippen LogP) is 18.3. The van der Waals surface area contributed by atoms with Gasteiger partial charge in [0.05, 0.1) is 26.4 Å². The minimum Gasteiger partial charge on any atom is -0.462 e. The molecule has 7 atom stereocenters. The Hall–Kier alpha value is -1.94. The van der Waals surface area contributed by atoms with Gasteiger partial charge in [0.1, 0.15) is 19.3 Å². The Morgan fingerprint density at radius 1 is 0.341 bits per heavy atom. The SMILES string of the molecule is CCCCCCCCCCCCCCCCCCC(=O)O[C@H](COC(=O)CCCCCCCCC(C)CC)COP(=O)(O)OC[C@@H](O)COP(=O)(O)OC[C@@H](COC(=O)CCCCCCCCC(C)C)OC(=O)CCCCCCCCC(C)CC. The van der Waals surface area contributed by atoms with E-state index in [4.69, 9.17) is 37.0 Å². The van der Waals surface area contributed by atoms with Gasteiger partial charge in [-0.05, 0) is 43.4 Å². The molecule has 0 radical (unpaired) electrons. The van der Waals surface area contributed by atoms with Crippen LogP contribution in [-0.4, -0.2) is 96.7 Å². The highest BCUT2D eigenvalue weighted by molar-refractivity contribution is 7.47. The minimum absolute atomic E-state index is 0.102. The zero-order valence-corrected chi connectivity index (χ0v) is 56.9. The van der Waals surface area contributed by atoms with Gasteiger partial charge in [0.25, 0.3) is 0 Å². The Balaban J connectivity index is 5.23. The molecule has 0 rings (SSSR count). The maximum Gasteiger partial charge on any atom is 0.472 e. The summed E-state index contributed by atoms with van der Waals surface area (Å²) in [5.41, 5.74) is 0. The van der Waals surface area contributed by atoms with Crippen LogP contribution >= 0.6 is 15.6 Å². The quantitative estimate of drug-likeness (QED) is 0.0222. The molecular formula is C66H128O17P2. The normalized spacial score (nSPS) is 15.0. The third-order valence-corrected chi connectivity index (χ3v) is 17.8. The van der Waals surface area contributed by atoms with Crippen molar-refractivity contribution in [1.29, 1.82) is 0 Å². The van der Waals surface area contributed by atoms with Crippen LogP contribution in [0.15, 0.2) is 0 Å². The van der Waals surface area contributed by atoms with Gasteiger partial charge in [0.2, 0.25) is 0 Å². The number of phosphoric acid groups is 2. The van der Waals surface area contributed by atoms with E-state index in [1.165, 1.54) is 122 Å². The second-order valence-corrected chi connectivity index (χ2v) is 27.7. The molecule has 0 aliphatic carbocycles. The lowest BCUT2D eigenvalue weighted by atomic mass is 10.00. The van der Waals surface area contributed by atoms with E-state index in [1.54, 1.807) is 0 Å². The van der Waals surface area contributed by atoms with Crippen molar-refractivity contribution in [1.82, 2.24) is 0 Å². The van der Waals surface area contributed by atoms with Gasteiger partial charge in [0.15, 0.2) is 12.2 Å². The fourth-order valence-corrected chi connectivity index (χ4v) is 11.3. The van der Waals surface area contributed by atoms with Crippen LogP contribution in [0.5, 0.6) is 0 Å². The number of rotatable bonds is 64. The molecule has 19 heteroatoms. The van der Waals surface area contributed by atoms with Gasteiger partial charge in [-0.2, -0.15) is 0 Å². The van der Waals surface area contributed by atoms with Crippen LogP contribution in [0, 0.1) is 17.8 Å². The molecule has 0 aliphatic heterocycles. The molecule has 0 aromatic rings. The Morgan fingerprint density at radius 3 is 0.894 bits per heavy atom. The first kappa shape index (κ1) is 83.1. The fourth-order valence-electron chi connectivity index (χ4n) is 9.77. The molecule has 0 saturated heterocycles. The molecule has 17 nitrogen and oxygen atoms in total. The van der Waals surface area contributed by atoms with Gasteiger partial charge >= 0.3 is 39.5 Å². The number of phosphoric ester groups is 2. The molecule has 0 heterocycles. The highest BCUT2D eigenvalue weighted by Gasteiger charge is 2.30. The molecule has 0 fully saturated rings. The monoisotopic (exact) mass is 1250 g/mol. The summed E-state index contributed by atoms with van der Waals surface area (Å²) in [6.07, 6.45) is 39.2. The van der Waals surface area contributed by atoms with Crippen LogP contribution in [-0.2, 0) is 65.4 Å². The van der Waals surface area contributed by atoms with Crippen LogP contribution in [0.2, 0.25) is 0 Å². The van der Waals surface area contributed by atoms with Crippen molar-refractivity contribution < 1.29 is 80.2 Å². The van der Waals surface area contributed by atoms with E-state index >= 15 is 0 Å². The number of carbonyl (C=O) groups is 4. The van der Waals surface area contributed by atoms with E-state index in [9.17, 15) is 43.2 Å². The van der Waals surface area contributed by atoms with E-state index in [0.717, 1.165) is 115 Å². The zero-order valence-electron chi connectivity index (χ0n) is 55.1. The second-order valence-electron chi connectivity index (χ2n) is 24.8. The van der Waals surface area contributed by atoms with E-state index < -0.39 is 97.5 Å².